The van der Waals surface area contributed by atoms with Crippen LogP contribution in [0.25, 0.3) is 0 Å². The molecule has 162 valence electrons. The van der Waals surface area contributed by atoms with Gasteiger partial charge in [-0.15, -0.1) is 11.3 Å². The van der Waals surface area contributed by atoms with Crippen molar-refractivity contribution in [1.29, 1.82) is 0 Å². The molecule has 1 amide bonds. The molecule has 0 radical (unpaired) electrons. The molecule has 1 aromatic heterocycles. The van der Waals surface area contributed by atoms with Crippen LogP contribution in [0.2, 0.25) is 0 Å². The molecule has 8 nitrogen and oxygen atoms in total. The van der Waals surface area contributed by atoms with Crippen LogP contribution in [0.4, 0.5) is 0 Å². The minimum Gasteiger partial charge on any atom is -0.357 e. The second-order valence-electron chi connectivity index (χ2n) is 7.49. The highest BCUT2D eigenvalue weighted by atomic mass is 32.2. The number of carbonyl (C=O) groups excluding carboxylic acids is 1. The summed E-state index contributed by atoms with van der Waals surface area (Å²) in [5.41, 5.74) is 0. The number of hydrogen-bond donors (Lipinski definition) is 3. The first-order valence-electron chi connectivity index (χ1n) is 10.4. The third-order valence-corrected chi connectivity index (χ3v) is 8.18. The number of guanidine groups is 1. The first-order chi connectivity index (χ1) is 14.0. The minimum atomic E-state index is -3.46. The average Bonchev–Trinajstić information content (AvgIpc) is 3.47. The molecule has 29 heavy (non-hydrogen) atoms. The fraction of sp³-hybridized carbons (Fsp3) is 0.684. The quantitative estimate of drug-likeness (QED) is 0.321. The van der Waals surface area contributed by atoms with Gasteiger partial charge in [-0.1, -0.05) is 18.9 Å². The van der Waals surface area contributed by atoms with Crippen molar-refractivity contribution in [3.05, 3.63) is 17.5 Å². The van der Waals surface area contributed by atoms with E-state index in [0.29, 0.717) is 35.7 Å². The second kappa shape index (κ2) is 10.4. The Morgan fingerprint density at radius 1 is 1.31 bits per heavy atom. The van der Waals surface area contributed by atoms with Crippen molar-refractivity contribution in [2.75, 3.05) is 32.7 Å². The molecular weight excluding hydrogens is 410 g/mol. The first kappa shape index (κ1) is 22.0. The van der Waals surface area contributed by atoms with Gasteiger partial charge in [0.25, 0.3) is 0 Å². The van der Waals surface area contributed by atoms with Gasteiger partial charge in [-0.05, 0) is 37.6 Å². The van der Waals surface area contributed by atoms with Crippen molar-refractivity contribution >= 4 is 33.2 Å². The Morgan fingerprint density at radius 3 is 2.79 bits per heavy atom. The summed E-state index contributed by atoms with van der Waals surface area (Å²) in [6, 6.07) is 3.47. The number of amides is 1. The van der Waals surface area contributed by atoms with Crippen LogP contribution in [0.5, 0.6) is 0 Å². The van der Waals surface area contributed by atoms with Crippen molar-refractivity contribution in [2.45, 2.75) is 49.3 Å². The number of sulfonamides is 1. The molecule has 1 atom stereocenters. The Morgan fingerprint density at radius 2 is 2.10 bits per heavy atom. The van der Waals surface area contributed by atoms with Gasteiger partial charge < -0.3 is 15.5 Å². The Hall–Kier alpha value is -1.65. The van der Waals surface area contributed by atoms with Crippen LogP contribution in [0.3, 0.4) is 0 Å². The Balaban J connectivity index is 1.46. The molecule has 1 aliphatic heterocycles. The lowest BCUT2D eigenvalue weighted by molar-refractivity contribution is -0.134. The summed E-state index contributed by atoms with van der Waals surface area (Å²) in [6.45, 7) is 4.74. The number of nitrogens with one attached hydrogen (secondary N) is 3. The van der Waals surface area contributed by atoms with Crippen molar-refractivity contribution in [1.82, 2.24) is 20.3 Å². The molecule has 3 rings (SSSR count). The maximum absolute atomic E-state index is 12.6. The molecule has 0 aromatic carbocycles. The maximum Gasteiger partial charge on any atom is 0.250 e. The van der Waals surface area contributed by atoms with E-state index in [0.717, 1.165) is 25.8 Å². The van der Waals surface area contributed by atoms with Gasteiger partial charge >= 0.3 is 0 Å². The molecule has 10 heteroatoms. The molecule has 1 aromatic rings. The lowest BCUT2D eigenvalue weighted by atomic mass is 10.1. The fourth-order valence-electron chi connectivity index (χ4n) is 3.86. The van der Waals surface area contributed by atoms with Gasteiger partial charge in [0, 0.05) is 38.1 Å². The third kappa shape index (κ3) is 6.16. The standard InChI is InChI=1S/C19H31N5O3S2/c1-2-20-19(21-10-11-22-29(26,27)17-8-5-13-28-17)23-16-9-12-24(14-16)18(25)15-6-3-4-7-15/h5,8,13,15-16,22H,2-4,6-7,9-12,14H2,1H3,(H2,20,21,23). The molecule has 2 aliphatic rings. The normalized spacial score (nSPS) is 20.9. The minimum absolute atomic E-state index is 0.168. The average molecular weight is 442 g/mol. The SMILES string of the molecule is CCNC(=NCCNS(=O)(=O)c1cccs1)NC1CCN(C(=O)C2CCCC2)C1. The number of rotatable bonds is 8. The van der Waals surface area contributed by atoms with Crippen LogP contribution >= 0.6 is 11.3 Å². The van der Waals surface area contributed by atoms with E-state index >= 15 is 0 Å². The molecule has 0 spiro atoms. The number of thiophene rings is 1. The van der Waals surface area contributed by atoms with Gasteiger partial charge in [-0.25, -0.2) is 13.1 Å². The van der Waals surface area contributed by atoms with E-state index in [1.807, 2.05) is 11.8 Å². The van der Waals surface area contributed by atoms with E-state index < -0.39 is 10.0 Å². The lowest BCUT2D eigenvalue weighted by Gasteiger charge is -2.21. The van der Waals surface area contributed by atoms with E-state index in [9.17, 15) is 13.2 Å². The highest BCUT2D eigenvalue weighted by Crippen LogP contribution is 2.27. The van der Waals surface area contributed by atoms with Crippen LogP contribution in [-0.2, 0) is 14.8 Å². The molecular formula is C19H31N5O3S2. The Labute approximate surface area is 177 Å². The van der Waals surface area contributed by atoms with Crippen molar-refractivity contribution in [2.24, 2.45) is 10.9 Å². The maximum atomic E-state index is 12.6. The Kier molecular flexibility index (Phi) is 7.91. The molecule has 1 unspecified atom stereocenters. The molecule has 1 saturated carbocycles. The number of aliphatic imine (C=N–C) groups is 1. The van der Waals surface area contributed by atoms with Crippen molar-refractivity contribution < 1.29 is 13.2 Å². The van der Waals surface area contributed by atoms with Gasteiger partial charge in [0.2, 0.25) is 15.9 Å². The molecule has 2 fully saturated rings. The zero-order chi connectivity index (χ0) is 20.7. The number of nitrogens with zero attached hydrogens (tertiary/aromatic N) is 2. The summed E-state index contributed by atoms with van der Waals surface area (Å²) < 4.78 is 27.1. The van der Waals surface area contributed by atoms with Gasteiger partial charge in [-0.2, -0.15) is 0 Å². The van der Waals surface area contributed by atoms with Crippen LogP contribution in [-0.4, -0.2) is 64.0 Å². The summed E-state index contributed by atoms with van der Waals surface area (Å²) in [7, 11) is -3.46. The number of hydrogen-bond acceptors (Lipinski definition) is 5. The van der Waals surface area contributed by atoms with Crippen LogP contribution in [0.1, 0.15) is 39.0 Å². The van der Waals surface area contributed by atoms with Gasteiger partial charge in [0.15, 0.2) is 5.96 Å². The monoisotopic (exact) mass is 441 g/mol. The van der Waals surface area contributed by atoms with Crippen LogP contribution in [0, 0.1) is 5.92 Å². The van der Waals surface area contributed by atoms with Crippen molar-refractivity contribution in [3.8, 4) is 0 Å². The second-order valence-corrected chi connectivity index (χ2v) is 10.4. The van der Waals surface area contributed by atoms with E-state index in [-0.39, 0.29) is 18.5 Å². The summed E-state index contributed by atoms with van der Waals surface area (Å²) in [4.78, 5) is 19.0. The lowest BCUT2D eigenvalue weighted by Crippen LogP contribution is -2.45. The summed E-state index contributed by atoms with van der Waals surface area (Å²) >= 11 is 1.19. The zero-order valence-corrected chi connectivity index (χ0v) is 18.5. The van der Waals surface area contributed by atoms with Crippen LogP contribution < -0.4 is 15.4 Å². The first-order valence-corrected chi connectivity index (χ1v) is 12.7. The predicted molar refractivity (Wildman–Crippen MR) is 116 cm³/mol. The molecule has 1 saturated heterocycles. The molecule has 1 aliphatic carbocycles. The van der Waals surface area contributed by atoms with E-state index in [1.54, 1.807) is 17.5 Å². The van der Waals surface area contributed by atoms with E-state index in [1.165, 1.54) is 24.2 Å². The molecule has 3 N–H and O–H groups in total. The van der Waals surface area contributed by atoms with Crippen LogP contribution in [0.15, 0.2) is 26.7 Å². The van der Waals surface area contributed by atoms with Crippen molar-refractivity contribution in [3.63, 3.8) is 0 Å². The van der Waals surface area contributed by atoms with Gasteiger partial charge in [0.05, 0.1) is 6.54 Å². The largest absolute Gasteiger partial charge is 0.357 e. The summed E-state index contributed by atoms with van der Waals surface area (Å²) in [5, 5.41) is 8.32. The zero-order valence-electron chi connectivity index (χ0n) is 16.9. The summed E-state index contributed by atoms with van der Waals surface area (Å²) in [6.07, 6.45) is 5.28. The Bertz CT molecular complexity index is 789. The van der Waals surface area contributed by atoms with E-state index in [2.05, 4.69) is 20.3 Å². The van der Waals surface area contributed by atoms with E-state index in [4.69, 9.17) is 0 Å². The highest BCUT2D eigenvalue weighted by molar-refractivity contribution is 7.91. The molecule has 2 heterocycles. The fourth-order valence-corrected chi connectivity index (χ4v) is 5.92. The number of carbonyl (C=O) groups is 1. The topological polar surface area (TPSA) is 103 Å². The smallest absolute Gasteiger partial charge is 0.250 e. The highest BCUT2D eigenvalue weighted by Gasteiger charge is 2.32. The predicted octanol–water partition coefficient (Wildman–Crippen LogP) is 1.37. The summed E-state index contributed by atoms with van der Waals surface area (Å²) in [5.74, 6) is 1.17. The van der Waals surface area contributed by atoms with Gasteiger partial charge in [0.1, 0.15) is 4.21 Å². The number of likely N-dealkylation sites (tertiary alicyclic amines) is 1. The van der Waals surface area contributed by atoms with Gasteiger partial charge in [-0.3, -0.25) is 9.79 Å². The third-order valence-electron chi connectivity index (χ3n) is 5.32. The molecule has 0 bridgehead atoms.